The van der Waals surface area contributed by atoms with Gasteiger partial charge in [0, 0.05) is 6.54 Å². The predicted octanol–water partition coefficient (Wildman–Crippen LogP) is 2.23. The van der Waals surface area contributed by atoms with Gasteiger partial charge in [0.25, 0.3) is 0 Å². The first-order chi connectivity index (χ1) is 7.38. The van der Waals surface area contributed by atoms with Crippen molar-refractivity contribution >= 4 is 12.4 Å². The van der Waals surface area contributed by atoms with Crippen LogP contribution in [0.5, 0.6) is 11.5 Å². The maximum absolute atomic E-state index is 5.61. The summed E-state index contributed by atoms with van der Waals surface area (Å²) in [5.41, 5.74) is 5.34. The minimum absolute atomic E-state index is 0. The van der Waals surface area contributed by atoms with E-state index in [1.54, 1.807) is 0 Å². The summed E-state index contributed by atoms with van der Waals surface area (Å²) in [7, 11) is 0. The number of ether oxygens (including phenoxy) is 2. The summed E-state index contributed by atoms with van der Waals surface area (Å²) >= 11 is 0. The van der Waals surface area contributed by atoms with Gasteiger partial charge in [-0.2, -0.15) is 0 Å². The van der Waals surface area contributed by atoms with Gasteiger partial charge in [0.05, 0.1) is 6.61 Å². The molecule has 16 heavy (non-hydrogen) atoms. The van der Waals surface area contributed by atoms with Crippen LogP contribution in [0.3, 0.4) is 0 Å². The van der Waals surface area contributed by atoms with Crippen LogP contribution in [0, 0.1) is 5.92 Å². The zero-order chi connectivity index (χ0) is 10.5. The summed E-state index contributed by atoms with van der Waals surface area (Å²) in [4.78, 5) is 0. The molecule has 4 heteroatoms. The van der Waals surface area contributed by atoms with Gasteiger partial charge in [-0.1, -0.05) is 0 Å². The third-order valence-corrected chi connectivity index (χ3v) is 2.39. The highest BCUT2D eigenvalue weighted by atomic mass is 35.5. The van der Waals surface area contributed by atoms with Crippen LogP contribution in [0.2, 0.25) is 0 Å². The molecule has 1 fully saturated rings. The number of hydrogen-bond acceptors (Lipinski definition) is 3. The van der Waals surface area contributed by atoms with Gasteiger partial charge in [0.1, 0.15) is 18.1 Å². The molecule has 2 rings (SSSR count). The van der Waals surface area contributed by atoms with Gasteiger partial charge in [-0.3, -0.25) is 0 Å². The van der Waals surface area contributed by atoms with Gasteiger partial charge >= 0.3 is 0 Å². The predicted molar refractivity (Wildman–Crippen MR) is 66.5 cm³/mol. The highest BCUT2D eigenvalue weighted by Gasteiger charge is 2.21. The largest absolute Gasteiger partial charge is 0.493 e. The molecule has 0 saturated heterocycles. The van der Waals surface area contributed by atoms with Crippen LogP contribution in [-0.2, 0) is 0 Å². The number of nitrogens with two attached hydrogens (primary N) is 1. The molecular formula is C12H18ClNO2. The second-order valence-electron chi connectivity index (χ2n) is 3.86. The standard InChI is InChI=1S/C12H17NO2.ClH/c13-7-8-14-11-3-5-12(6-4-11)15-9-10-1-2-10;/h3-6,10H,1-2,7-9,13H2;1H. The Bertz CT molecular complexity index is 298. The van der Waals surface area contributed by atoms with Crippen molar-refractivity contribution in [2.45, 2.75) is 12.8 Å². The molecule has 0 aliphatic heterocycles. The Balaban J connectivity index is 0.00000128. The van der Waals surface area contributed by atoms with Crippen LogP contribution in [0.25, 0.3) is 0 Å². The van der Waals surface area contributed by atoms with Crippen molar-refractivity contribution in [2.24, 2.45) is 11.7 Å². The molecule has 0 aromatic heterocycles. The summed E-state index contributed by atoms with van der Waals surface area (Å²) in [6.07, 6.45) is 2.63. The van der Waals surface area contributed by atoms with Crippen molar-refractivity contribution < 1.29 is 9.47 Å². The SMILES string of the molecule is Cl.NCCOc1ccc(OCC2CC2)cc1. The molecule has 1 aromatic carbocycles. The highest BCUT2D eigenvalue weighted by Crippen LogP contribution is 2.29. The molecule has 0 amide bonds. The topological polar surface area (TPSA) is 44.5 Å². The molecule has 1 aromatic rings. The molecule has 2 N–H and O–H groups in total. The summed E-state index contributed by atoms with van der Waals surface area (Å²) in [5.74, 6) is 2.55. The normalized spacial score (nSPS) is 14.1. The van der Waals surface area contributed by atoms with E-state index in [4.69, 9.17) is 15.2 Å². The summed E-state index contributed by atoms with van der Waals surface area (Å²) in [6.45, 7) is 1.95. The Morgan fingerprint density at radius 1 is 1.06 bits per heavy atom. The Labute approximate surface area is 102 Å². The first-order valence-electron chi connectivity index (χ1n) is 5.44. The van der Waals surface area contributed by atoms with Crippen molar-refractivity contribution in [3.05, 3.63) is 24.3 Å². The lowest BCUT2D eigenvalue weighted by molar-refractivity contribution is 0.297. The smallest absolute Gasteiger partial charge is 0.119 e. The minimum Gasteiger partial charge on any atom is -0.493 e. The second-order valence-corrected chi connectivity index (χ2v) is 3.86. The third-order valence-electron chi connectivity index (χ3n) is 2.39. The van der Waals surface area contributed by atoms with Crippen molar-refractivity contribution in [3.8, 4) is 11.5 Å². The molecule has 1 aliphatic rings. The summed E-state index contributed by atoms with van der Waals surface area (Å²) in [6, 6.07) is 7.71. The van der Waals surface area contributed by atoms with E-state index in [0.29, 0.717) is 13.2 Å². The Morgan fingerprint density at radius 2 is 1.62 bits per heavy atom. The van der Waals surface area contributed by atoms with Crippen LogP contribution in [-0.4, -0.2) is 19.8 Å². The molecule has 0 spiro atoms. The summed E-state index contributed by atoms with van der Waals surface area (Å²) < 4.78 is 11.0. The third kappa shape index (κ3) is 4.29. The van der Waals surface area contributed by atoms with Gasteiger partial charge in [0.15, 0.2) is 0 Å². The van der Waals surface area contributed by atoms with E-state index >= 15 is 0 Å². The average Bonchev–Trinajstić information content (AvgIpc) is 3.09. The molecule has 1 aliphatic carbocycles. The fourth-order valence-corrected chi connectivity index (χ4v) is 1.31. The lowest BCUT2D eigenvalue weighted by Gasteiger charge is -2.07. The molecule has 0 radical (unpaired) electrons. The maximum atomic E-state index is 5.61. The zero-order valence-corrected chi connectivity index (χ0v) is 10.0. The van der Waals surface area contributed by atoms with Gasteiger partial charge in [-0.25, -0.2) is 0 Å². The van der Waals surface area contributed by atoms with Crippen molar-refractivity contribution in [1.82, 2.24) is 0 Å². The minimum atomic E-state index is 0. The summed E-state index contributed by atoms with van der Waals surface area (Å²) in [5, 5.41) is 0. The van der Waals surface area contributed by atoms with E-state index in [-0.39, 0.29) is 12.4 Å². The Kier molecular flexibility index (Phi) is 5.43. The van der Waals surface area contributed by atoms with Crippen LogP contribution in [0.4, 0.5) is 0 Å². The van der Waals surface area contributed by atoms with E-state index in [1.165, 1.54) is 12.8 Å². The average molecular weight is 244 g/mol. The van der Waals surface area contributed by atoms with E-state index < -0.39 is 0 Å². The first-order valence-corrected chi connectivity index (χ1v) is 5.44. The van der Waals surface area contributed by atoms with Gasteiger partial charge in [-0.05, 0) is 43.0 Å². The van der Waals surface area contributed by atoms with Crippen molar-refractivity contribution in [2.75, 3.05) is 19.8 Å². The second kappa shape index (κ2) is 6.61. The molecule has 0 heterocycles. The molecule has 1 saturated carbocycles. The number of hydrogen-bond donors (Lipinski definition) is 1. The van der Waals surface area contributed by atoms with E-state index in [0.717, 1.165) is 24.0 Å². The number of halogens is 1. The quantitative estimate of drug-likeness (QED) is 0.834. The van der Waals surface area contributed by atoms with E-state index in [2.05, 4.69) is 0 Å². The van der Waals surface area contributed by atoms with E-state index in [9.17, 15) is 0 Å². The first kappa shape index (κ1) is 13.1. The monoisotopic (exact) mass is 243 g/mol. The zero-order valence-electron chi connectivity index (χ0n) is 9.22. The van der Waals surface area contributed by atoms with Crippen molar-refractivity contribution in [1.29, 1.82) is 0 Å². The van der Waals surface area contributed by atoms with Gasteiger partial charge < -0.3 is 15.2 Å². The van der Waals surface area contributed by atoms with Crippen LogP contribution in [0.1, 0.15) is 12.8 Å². The fourth-order valence-electron chi connectivity index (χ4n) is 1.31. The van der Waals surface area contributed by atoms with Gasteiger partial charge in [0.2, 0.25) is 0 Å². The van der Waals surface area contributed by atoms with Crippen LogP contribution < -0.4 is 15.2 Å². The lowest BCUT2D eigenvalue weighted by Crippen LogP contribution is -2.10. The molecule has 0 unspecified atom stereocenters. The van der Waals surface area contributed by atoms with Gasteiger partial charge in [-0.15, -0.1) is 12.4 Å². The molecule has 90 valence electrons. The Morgan fingerprint density at radius 3 is 2.12 bits per heavy atom. The van der Waals surface area contributed by atoms with Crippen LogP contribution >= 0.6 is 12.4 Å². The van der Waals surface area contributed by atoms with E-state index in [1.807, 2.05) is 24.3 Å². The van der Waals surface area contributed by atoms with Crippen LogP contribution in [0.15, 0.2) is 24.3 Å². The van der Waals surface area contributed by atoms with Crippen molar-refractivity contribution in [3.63, 3.8) is 0 Å². The fraction of sp³-hybridized carbons (Fsp3) is 0.500. The highest BCUT2D eigenvalue weighted by molar-refractivity contribution is 5.85. The number of benzene rings is 1. The lowest BCUT2D eigenvalue weighted by atomic mass is 10.3. The molecule has 3 nitrogen and oxygen atoms in total. The molecule has 0 bridgehead atoms. The Hall–Kier alpha value is -0.930. The maximum Gasteiger partial charge on any atom is 0.119 e. The molecular weight excluding hydrogens is 226 g/mol. The number of rotatable bonds is 6. The molecule has 0 atom stereocenters.